The molecule has 2 saturated heterocycles. The number of carbonyl (C=O) groups excluding carboxylic acids is 2. The van der Waals surface area contributed by atoms with Crippen LogP contribution in [-0.4, -0.2) is 45.7 Å². The zero-order valence-electron chi connectivity index (χ0n) is 18.9. The molecule has 3 aromatic rings. The first-order valence-electron chi connectivity index (χ1n) is 11.7. The first-order valence-corrected chi connectivity index (χ1v) is 11.7. The Morgan fingerprint density at radius 3 is 2.44 bits per heavy atom. The van der Waals surface area contributed by atoms with Crippen molar-refractivity contribution in [2.75, 3.05) is 13.1 Å². The SMILES string of the molecule is O=C1NC(=O)[C@](CCc2ccccc2)(C2CCN(Cc3cn[nH]c3-c3ccc(F)cc3)CC2)N1. The van der Waals surface area contributed by atoms with Gasteiger partial charge in [0.05, 0.1) is 11.9 Å². The molecule has 1 atom stereocenters. The predicted molar refractivity (Wildman–Crippen MR) is 126 cm³/mol. The second-order valence-electron chi connectivity index (χ2n) is 9.19. The molecule has 3 amide bonds. The number of urea groups is 1. The number of aryl methyl sites for hydroxylation is 1. The number of aromatic nitrogens is 2. The number of imide groups is 1. The van der Waals surface area contributed by atoms with Crippen molar-refractivity contribution >= 4 is 11.9 Å². The second-order valence-corrected chi connectivity index (χ2v) is 9.19. The molecule has 0 saturated carbocycles. The zero-order valence-corrected chi connectivity index (χ0v) is 18.9. The first-order chi connectivity index (χ1) is 16.5. The van der Waals surface area contributed by atoms with Crippen molar-refractivity contribution in [2.45, 2.75) is 37.8 Å². The van der Waals surface area contributed by atoms with Gasteiger partial charge in [0.1, 0.15) is 11.4 Å². The number of rotatable bonds is 7. The van der Waals surface area contributed by atoms with Gasteiger partial charge in [-0.15, -0.1) is 0 Å². The molecule has 2 aromatic carbocycles. The van der Waals surface area contributed by atoms with Gasteiger partial charge in [0.15, 0.2) is 0 Å². The van der Waals surface area contributed by atoms with Crippen molar-refractivity contribution in [1.82, 2.24) is 25.7 Å². The molecule has 2 aliphatic heterocycles. The standard InChI is InChI=1S/C26H28FN5O2/c27-22-8-6-19(7-9-22)23-20(16-28-31-23)17-32-14-11-21(12-15-32)26(24(33)29-25(34)30-26)13-10-18-4-2-1-3-5-18/h1-9,16,21H,10-15,17H2,(H,28,31)(H2,29,30,33,34)/t26-/m0/s1. The fraction of sp³-hybridized carbons (Fsp3) is 0.346. The lowest BCUT2D eigenvalue weighted by molar-refractivity contribution is -0.127. The Hall–Kier alpha value is -3.52. The van der Waals surface area contributed by atoms with Crippen LogP contribution in [0.15, 0.2) is 60.8 Å². The fourth-order valence-electron chi connectivity index (χ4n) is 5.28. The maximum Gasteiger partial charge on any atom is 0.322 e. The summed E-state index contributed by atoms with van der Waals surface area (Å²) < 4.78 is 13.3. The molecule has 34 heavy (non-hydrogen) atoms. The number of nitrogens with one attached hydrogen (secondary N) is 3. The van der Waals surface area contributed by atoms with Gasteiger partial charge in [-0.25, -0.2) is 9.18 Å². The highest BCUT2D eigenvalue weighted by molar-refractivity contribution is 6.07. The number of nitrogens with zero attached hydrogens (tertiary/aromatic N) is 2. The van der Waals surface area contributed by atoms with Crippen molar-refractivity contribution in [3.8, 4) is 11.3 Å². The Morgan fingerprint density at radius 2 is 1.76 bits per heavy atom. The van der Waals surface area contributed by atoms with Gasteiger partial charge in [0, 0.05) is 17.7 Å². The smallest absolute Gasteiger partial charge is 0.322 e. The molecule has 3 N–H and O–H groups in total. The third kappa shape index (κ3) is 4.46. The van der Waals surface area contributed by atoms with Crippen LogP contribution < -0.4 is 10.6 Å². The summed E-state index contributed by atoms with van der Waals surface area (Å²) in [5.41, 5.74) is 3.13. The van der Waals surface area contributed by atoms with Gasteiger partial charge in [-0.1, -0.05) is 30.3 Å². The Labute approximate surface area is 197 Å². The lowest BCUT2D eigenvalue weighted by Gasteiger charge is -2.40. The third-order valence-corrected chi connectivity index (χ3v) is 7.15. The molecule has 7 nitrogen and oxygen atoms in total. The first kappa shape index (κ1) is 22.3. The van der Waals surface area contributed by atoms with Crippen LogP contribution in [0.4, 0.5) is 9.18 Å². The quantitative estimate of drug-likeness (QED) is 0.469. The highest BCUT2D eigenvalue weighted by Gasteiger charge is 2.51. The molecule has 0 aliphatic carbocycles. The van der Waals surface area contributed by atoms with Crippen LogP contribution in [0, 0.1) is 11.7 Å². The van der Waals surface area contributed by atoms with Crippen molar-refractivity contribution in [3.63, 3.8) is 0 Å². The Kier molecular flexibility index (Phi) is 6.15. The molecule has 176 valence electrons. The summed E-state index contributed by atoms with van der Waals surface area (Å²) in [7, 11) is 0. The van der Waals surface area contributed by atoms with E-state index in [1.54, 1.807) is 12.1 Å². The number of amides is 3. The van der Waals surface area contributed by atoms with Crippen molar-refractivity contribution in [1.29, 1.82) is 0 Å². The Bertz CT molecular complexity index is 1160. The van der Waals surface area contributed by atoms with E-state index in [-0.39, 0.29) is 17.6 Å². The zero-order chi connectivity index (χ0) is 23.5. The summed E-state index contributed by atoms with van der Waals surface area (Å²) >= 11 is 0. The van der Waals surface area contributed by atoms with Crippen LogP contribution in [0.2, 0.25) is 0 Å². The highest BCUT2D eigenvalue weighted by atomic mass is 19.1. The van der Waals surface area contributed by atoms with E-state index in [4.69, 9.17) is 0 Å². The average Bonchev–Trinajstić information content (AvgIpc) is 3.43. The van der Waals surface area contributed by atoms with Gasteiger partial charge in [-0.2, -0.15) is 5.10 Å². The second kappa shape index (κ2) is 9.38. The van der Waals surface area contributed by atoms with E-state index in [0.717, 1.165) is 54.7 Å². The maximum atomic E-state index is 13.3. The van der Waals surface area contributed by atoms with E-state index >= 15 is 0 Å². The van der Waals surface area contributed by atoms with Gasteiger partial charge in [0.2, 0.25) is 0 Å². The molecule has 5 rings (SSSR count). The van der Waals surface area contributed by atoms with Gasteiger partial charge in [-0.3, -0.25) is 20.1 Å². The van der Waals surface area contributed by atoms with Crippen molar-refractivity contribution < 1.29 is 14.0 Å². The number of benzene rings is 2. The van der Waals surface area contributed by atoms with Crippen molar-refractivity contribution in [2.24, 2.45) is 5.92 Å². The number of piperidine rings is 1. The molecule has 2 fully saturated rings. The number of hydrogen-bond acceptors (Lipinski definition) is 4. The number of carbonyl (C=O) groups is 2. The molecular formula is C26H28FN5O2. The van der Waals surface area contributed by atoms with E-state index in [9.17, 15) is 14.0 Å². The van der Waals surface area contributed by atoms with E-state index in [0.29, 0.717) is 13.0 Å². The molecule has 0 bridgehead atoms. The highest BCUT2D eigenvalue weighted by Crippen LogP contribution is 2.35. The molecule has 1 aromatic heterocycles. The summed E-state index contributed by atoms with van der Waals surface area (Å²) in [4.78, 5) is 27.4. The maximum absolute atomic E-state index is 13.3. The number of aromatic amines is 1. The van der Waals surface area contributed by atoms with E-state index in [1.165, 1.54) is 12.1 Å². The molecule has 3 heterocycles. The van der Waals surface area contributed by atoms with Crippen LogP contribution in [0.25, 0.3) is 11.3 Å². The van der Waals surface area contributed by atoms with Crippen LogP contribution in [0.5, 0.6) is 0 Å². The van der Waals surface area contributed by atoms with Crippen LogP contribution in [0.3, 0.4) is 0 Å². The van der Waals surface area contributed by atoms with Gasteiger partial charge < -0.3 is 5.32 Å². The number of likely N-dealkylation sites (tertiary alicyclic amines) is 1. The van der Waals surface area contributed by atoms with E-state index < -0.39 is 11.6 Å². The molecule has 0 unspecified atom stereocenters. The summed E-state index contributed by atoms with van der Waals surface area (Å²) in [6.07, 6.45) is 4.75. The minimum absolute atomic E-state index is 0.0693. The number of halogens is 1. The van der Waals surface area contributed by atoms with Gasteiger partial charge >= 0.3 is 6.03 Å². The number of hydrogen-bond donors (Lipinski definition) is 3. The molecule has 8 heteroatoms. The molecule has 0 spiro atoms. The summed E-state index contributed by atoms with van der Waals surface area (Å²) in [5.74, 6) is -0.406. The van der Waals surface area contributed by atoms with E-state index in [1.807, 2.05) is 24.4 Å². The molecule has 2 aliphatic rings. The lowest BCUT2D eigenvalue weighted by atomic mass is 9.74. The summed E-state index contributed by atoms with van der Waals surface area (Å²) in [6, 6.07) is 16.0. The largest absolute Gasteiger partial charge is 0.323 e. The predicted octanol–water partition coefficient (Wildman–Crippen LogP) is 3.64. The minimum Gasteiger partial charge on any atom is -0.323 e. The normalized spacial score (nSPS) is 21.4. The number of H-pyrrole nitrogens is 1. The monoisotopic (exact) mass is 461 g/mol. The summed E-state index contributed by atoms with van der Waals surface area (Å²) in [6.45, 7) is 2.34. The van der Waals surface area contributed by atoms with Crippen LogP contribution in [0.1, 0.15) is 30.4 Å². The molecule has 0 radical (unpaired) electrons. The lowest BCUT2D eigenvalue weighted by Crippen LogP contribution is -2.56. The minimum atomic E-state index is -0.867. The Balaban J connectivity index is 1.25. The van der Waals surface area contributed by atoms with Crippen LogP contribution in [-0.2, 0) is 17.8 Å². The fourth-order valence-corrected chi connectivity index (χ4v) is 5.28. The van der Waals surface area contributed by atoms with Gasteiger partial charge in [0.25, 0.3) is 5.91 Å². The third-order valence-electron chi connectivity index (χ3n) is 7.15. The van der Waals surface area contributed by atoms with E-state index in [2.05, 4.69) is 37.9 Å². The molecular weight excluding hydrogens is 433 g/mol. The topological polar surface area (TPSA) is 90.1 Å². The van der Waals surface area contributed by atoms with Gasteiger partial charge in [-0.05, 0) is 74.5 Å². The Morgan fingerprint density at radius 1 is 1.03 bits per heavy atom. The average molecular weight is 462 g/mol. The van der Waals surface area contributed by atoms with Crippen molar-refractivity contribution in [3.05, 3.63) is 77.7 Å². The summed E-state index contributed by atoms with van der Waals surface area (Å²) in [5, 5.41) is 12.7. The van der Waals surface area contributed by atoms with Crippen LogP contribution >= 0.6 is 0 Å².